The molecule has 0 spiro atoms. The summed E-state index contributed by atoms with van der Waals surface area (Å²) in [5.74, 6) is 1.44. The largest absolute Gasteiger partial charge is 0.342 e. The van der Waals surface area contributed by atoms with Gasteiger partial charge in [0.15, 0.2) is 5.82 Å². The van der Waals surface area contributed by atoms with Crippen molar-refractivity contribution < 1.29 is 4.52 Å². The van der Waals surface area contributed by atoms with Crippen molar-refractivity contribution in [3.8, 4) is 11.6 Å². The smallest absolute Gasteiger partial charge is 0.244 e. The van der Waals surface area contributed by atoms with Crippen LogP contribution >= 0.6 is 0 Å². The van der Waals surface area contributed by atoms with E-state index in [-0.39, 0.29) is 11.5 Å². The number of nitrogens with two attached hydrogens (primary N) is 1. The molecule has 0 fully saturated rings. The van der Waals surface area contributed by atoms with Crippen LogP contribution in [0.1, 0.15) is 32.7 Å². The van der Waals surface area contributed by atoms with Gasteiger partial charge in [0.25, 0.3) is 0 Å². The van der Waals surface area contributed by atoms with E-state index in [4.69, 9.17) is 10.3 Å². The van der Waals surface area contributed by atoms with Crippen LogP contribution in [0.15, 0.2) is 16.9 Å². The minimum atomic E-state index is -0.288. The maximum atomic E-state index is 6.01. The first kappa shape index (κ1) is 10.8. The fourth-order valence-electron chi connectivity index (χ4n) is 1.22. The number of aromatic amines is 1. The molecule has 3 N–H and O–H groups in total. The van der Waals surface area contributed by atoms with Crippen molar-refractivity contribution in [3.05, 3.63) is 18.3 Å². The van der Waals surface area contributed by atoms with E-state index in [0.29, 0.717) is 17.5 Å². The Bertz CT molecular complexity index is 454. The molecule has 0 bridgehead atoms. The van der Waals surface area contributed by atoms with Crippen LogP contribution in [0.5, 0.6) is 0 Å². The zero-order valence-corrected chi connectivity index (χ0v) is 9.56. The van der Waals surface area contributed by atoms with Crippen LogP contribution in [0.4, 0.5) is 0 Å². The van der Waals surface area contributed by atoms with Crippen molar-refractivity contribution in [2.45, 2.75) is 26.8 Å². The Morgan fingerprint density at radius 3 is 2.75 bits per heavy atom. The van der Waals surface area contributed by atoms with Crippen molar-refractivity contribution in [2.24, 2.45) is 11.1 Å². The molecule has 2 heterocycles. The molecule has 0 amide bonds. The van der Waals surface area contributed by atoms with Gasteiger partial charge in [-0.1, -0.05) is 25.9 Å². The van der Waals surface area contributed by atoms with Crippen molar-refractivity contribution in [2.75, 3.05) is 0 Å². The quantitative estimate of drug-likeness (QED) is 0.801. The topological polar surface area (TPSA) is 93.6 Å². The highest BCUT2D eigenvalue weighted by Crippen LogP contribution is 2.29. The fraction of sp³-hybridized carbons (Fsp3) is 0.500. The molecule has 2 aromatic rings. The third-order valence-electron chi connectivity index (χ3n) is 2.35. The molecule has 6 nitrogen and oxygen atoms in total. The Morgan fingerprint density at radius 2 is 2.19 bits per heavy atom. The van der Waals surface area contributed by atoms with Crippen LogP contribution in [-0.2, 0) is 0 Å². The number of hydrogen-bond acceptors (Lipinski definition) is 5. The molecular weight excluding hydrogens is 206 g/mol. The molecule has 0 aliphatic rings. The molecule has 0 saturated heterocycles. The van der Waals surface area contributed by atoms with E-state index in [9.17, 15) is 0 Å². The molecule has 0 saturated carbocycles. The lowest BCUT2D eigenvalue weighted by Crippen LogP contribution is -2.26. The Morgan fingerprint density at radius 1 is 1.44 bits per heavy atom. The summed E-state index contributed by atoms with van der Waals surface area (Å²) < 4.78 is 5.13. The summed E-state index contributed by atoms with van der Waals surface area (Å²) in [7, 11) is 0. The van der Waals surface area contributed by atoms with E-state index in [1.54, 1.807) is 12.4 Å². The molecule has 0 radical (unpaired) electrons. The van der Waals surface area contributed by atoms with E-state index in [1.807, 2.05) is 20.8 Å². The van der Waals surface area contributed by atoms with E-state index in [2.05, 4.69) is 20.1 Å². The van der Waals surface area contributed by atoms with Crippen molar-refractivity contribution in [3.63, 3.8) is 0 Å². The van der Waals surface area contributed by atoms with E-state index < -0.39 is 0 Å². The third kappa shape index (κ3) is 1.96. The predicted octanol–water partition coefficient (Wildman–Crippen LogP) is 1.51. The SMILES string of the molecule is CC(C)(C)[C@H](N)c1nc(-c2ncc[nH]2)no1. The first-order valence-corrected chi connectivity index (χ1v) is 5.07. The molecule has 16 heavy (non-hydrogen) atoms. The summed E-state index contributed by atoms with van der Waals surface area (Å²) in [6.07, 6.45) is 3.34. The number of nitrogens with one attached hydrogen (secondary N) is 1. The first-order chi connectivity index (χ1) is 7.48. The first-order valence-electron chi connectivity index (χ1n) is 5.07. The summed E-state index contributed by atoms with van der Waals surface area (Å²) in [5, 5.41) is 3.83. The monoisotopic (exact) mass is 221 g/mol. The van der Waals surface area contributed by atoms with Gasteiger partial charge in [0, 0.05) is 12.4 Å². The van der Waals surface area contributed by atoms with Crippen LogP contribution in [0.25, 0.3) is 11.6 Å². The number of rotatable bonds is 2. The van der Waals surface area contributed by atoms with Gasteiger partial charge in [-0.25, -0.2) is 4.98 Å². The van der Waals surface area contributed by atoms with Gasteiger partial charge in [0.2, 0.25) is 11.7 Å². The molecule has 2 rings (SSSR count). The minimum Gasteiger partial charge on any atom is -0.342 e. The van der Waals surface area contributed by atoms with Crippen LogP contribution in [0.2, 0.25) is 0 Å². The lowest BCUT2D eigenvalue weighted by Gasteiger charge is -2.23. The van der Waals surface area contributed by atoms with Gasteiger partial charge in [-0.2, -0.15) is 4.98 Å². The second kappa shape index (κ2) is 3.71. The number of imidazole rings is 1. The van der Waals surface area contributed by atoms with Crippen LogP contribution in [0.3, 0.4) is 0 Å². The molecule has 0 aliphatic carbocycles. The summed E-state index contributed by atoms with van der Waals surface area (Å²) in [4.78, 5) is 11.2. The number of H-pyrrole nitrogens is 1. The summed E-state index contributed by atoms with van der Waals surface area (Å²) in [5.41, 5.74) is 5.89. The number of nitrogens with zero attached hydrogens (tertiary/aromatic N) is 3. The standard InChI is InChI=1S/C10H15N5O/c1-10(2,3)6(11)9-14-8(15-16-9)7-12-4-5-13-7/h4-6H,11H2,1-3H3,(H,12,13)/t6-/m1/s1. The molecule has 0 unspecified atom stereocenters. The summed E-state index contributed by atoms with van der Waals surface area (Å²) >= 11 is 0. The number of hydrogen-bond donors (Lipinski definition) is 2. The average Bonchev–Trinajstić information content (AvgIpc) is 2.85. The fourth-order valence-corrected chi connectivity index (χ4v) is 1.22. The van der Waals surface area contributed by atoms with Gasteiger partial charge >= 0.3 is 0 Å². The van der Waals surface area contributed by atoms with Gasteiger partial charge in [-0.15, -0.1) is 0 Å². The molecule has 2 aromatic heterocycles. The Kier molecular flexibility index (Phi) is 2.51. The van der Waals surface area contributed by atoms with Crippen LogP contribution < -0.4 is 5.73 Å². The van der Waals surface area contributed by atoms with Gasteiger partial charge in [-0.05, 0) is 5.41 Å². The van der Waals surface area contributed by atoms with Crippen LogP contribution in [0, 0.1) is 5.41 Å². The van der Waals surface area contributed by atoms with Crippen molar-refractivity contribution >= 4 is 0 Å². The maximum absolute atomic E-state index is 6.01. The Balaban J connectivity index is 2.27. The highest BCUT2D eigenvalue weighted by molar-refractivity contribution is 5.40. The number of aromatic nitrogens is 4. The highest BCUT2D eigenvalue weighted by atomic mass is 16.5. The highest BCUT2D eigenvalue weighted by Gasteiger charge is 2.27. The molecule has 0 aliphatic heterocycles. The zero-order valence-electron chi connectivity index (χ0n) is 9.56. The van der Waals surface area contributed by atoms with Gasteiger partial charge in [0.1, 0.15) is 0 Å². The third-order valence-corrected chi connectivity index (χ3v) is 2.35. The van der Waals surface area contributed by atoms with E-state index in [0.717, 1.165) is 0 Å². The predicted molar refractivity (Wildman–Crippen MR) is 58.3 cm³/mol. The second-order valence-electron chi connectivity index (χ2n) is 4.74. The lowest BCUT2D eigenvalue weighted by molar-refractivity contribution is 0.253. The van der Waals surface area contributed by atoms with E-state index in [1.165, 1.54) is 0 Å². The Labute approximate surface area is 93.3 Å². The van der Waals surface area contributed by atoms with Gasteiger partial charge in [0.05, 0.1) is 6.04 Å². The molecule has 1 atom stereocenters. The minimum absolute atomic E-state index is 0.118. The summed E-state index contributed by atoms with van der Waals surface area (Å²) in [6, 6.07) is -0.288. The zero-order chi connectivity index (χ0) is 11.8. The molecule has 0 aromatic carbocycles. The maximum Gasteiger partial charge on any atom is 0.244 e. The van der Waals surface area contributed by atoms with Crippen LogP contribution in [-0.4, -0.2) is 20.1 Å². The molecule has 6 heteroatoms. The van der Waals surface area contributed by atoms with Gasteiger partial charge in [-0.3, -0.25) is 0 Å². The second-order valence-corrected chi connectivity index (χ2v) is 4.74. The van der Waals surface area contributed by atoms with E-state index >= 15 is 0 Å². The normalized spacial score (nSPS) is 14.0. The Hall–Kier alpha value is -1.69. The summed E-state index contributed by atoms with van der Waals surface area (Å²) in [6.45, 7) is 6.07. The van der Waals surface area contributed by atoms with Crippen molar-refractivity contribution in [1.29, 1.82) is 0 Å². The van der Waals surface area contributed by atoms with Crippen molar-refractivity contribution in [1.82, 2.24) is 20.1 Å². The lowest BCUT2D eigenvalue weighted by atomic mass is 9.87. The van der Waals surface area contributed by atoms with Gasteiger partial charge < -0.3 is 15.2 Å². The molecular formula is C10H15N5O. The molecule has 86 valence electrons. The average molecular weight is 221 g/mol.